The number of nitrogens with one attached hydrogen (secondary N) is 2. The number of anilines is 1. The molecule has 1 aromatic heterocycles. The van der Waals surface area contributed by atoms with Crippen molar-refractivity contribution >= 4 is 22.5 Å². The molecule has 0 aliphatic heterocycles. The van der Waals surface area contributed by atoms with Crippen LogP contribution in [0, 0.1) is 12.8 Å². The first-order valence-electron chi connectivity index (χ1n) is 12.7. The van der Waals surface area contributed by atoms with Gasteiger partial charge in [-0.3, -0.25) is 9.78 Å². The minimum atomic E-state index is -0.513. The third-order valence-electron chi connectivity index (χ3n) is 7.37. The molecule has 1 heterocycles. The van der Waals surface area contributed by atoms with E-state index in [0.29, 0.717) is 17.5 Å². The lowest BCUT2D eigenvalue weighted by atomic mass is 9.83. The Kier molecular flexibility index (Phi) is 6.76. The van der Waals surface area contributed by atoms with Gasteiger partial charge in [0, 0.05) is 35.4 Å². The van der Waals surface area contributed by atoms with Crippen LogP contribution in [0.15, 0.2) is 48.7 Å². The quantitative estimate of drug-likeness (QED) is 0.410. The smallest absolute Gasteiger partial charge is 0.255 e. The van der Waals surface area contributed by atoms with Crippen molar-refractivity contribution in [3.63, 3.8) is 0 Å². The number of aryl methyl sites for hydroxylation is 1. The average molecular weight is 474 g/mol. The van der Waals surface area contributed by atoms with Crippen LogP contribution in [-0.4, -0.2) is 34.2 Å². The van der Waals surface area contributed by atoms with Gasteiger partial charge >= 0.3 is 0 Å². The molecule has 1 amide bonds. The summed E-state index contributed by atoms with van der Waals surface area (Å²) >= 11 is 0. The van der Waals surface area contributed by atoms with Crippen molar-refractivity contribution in [2.45, 2.75) is 70.6 Å². The lowest BCUT2D eigenvalue weighted by Crippen LogP contribution is -2.39. The lowest BCUT2D eigenvalue weighted by Gasteiger charge is -2.33. The Labute approximate surface area is 207 Å². The van der Waals surface area contributed by atoms with Crippen molar-refractivity contribution < 1.29 is 14.6 Å². The van der Waals surface area contributed by atoms with Gasteiger partial charge < -0.3 is 20.5 Å². The summed E-state index contributed by atoms with van der Waals surface area (Å²) in [6, 6.07) is 13.9. The number of amides is 1. The molecule has 35 heavy (non-hydrogen) atoms. The molecule has 0 spiro atoms. The number of nitrogens with zero attached hydrogens (tertiary/aromatic N) is 1. The van der Waals surface area contributed by atoms with E-state index in [1.807, 2.05) is 44.3 Å². The number of rotatable bonds is 8. The second kappa shape index (κ2) is 9.96. The zero-order chi connectivity index (χ0) is 24.4. The number of hydrogen-bond donors (Lipinski definition) is 3. The molecule has 0 unspecified atom stereocenters. The second-order valence-corrected chi connectivity index (χ2v) is 10.5. The minimum Gasteiger partial charge on any atom is -0.493 e. The summed E-state index contributed by atoms with van der Waals surface area (Å²) in [5, 5.41) is 17.9. The largest absolute Gasteiger partial charge is 0.493 e. The van der Waals surface area contributed by atoms with Crippen molar-refractivity contribution in [2.75, 3.05) is 11.9 Å². The summed E-state index contributed by atoms with van der Waals surface area (Å²) in [7, 11) is 0. The van der Waals surface area contributed by atoms with Gasteiger partial charge in [0.1, 0.15) is 5.75 Å². The lowest BCUT2D eigenvalue weighted by molar-refractivity contribution is 0.0140. The molecular formula is C29H35N3O3. The molecule has 2 saturated carbocycles. The van der Waals surface area contributed by atoms with Gasteiger partial charge in [0.15, 0.2) is 0 Å². The van der Waals surface area contributed by atoms with E-state index in [-0.39, 0.29) is 5.91 Å². The fourth-order valence-corrected chi connectivity index (χ4v) is 4.73. The number of aromatic nitrogens is 1. The Morgan fingerprint density at radius 1 is 1.11 bits per heavy atom. The summed E-state index contributed by atoms with van der Waals surface area (Å²) < 4.78 is 5.77. The van der Waals surface area contributed by atoms with Gasteiger partial charge in [-0.05, 0) is 106 Å². The van der Waals surface area contributed by atoms with Crippen LogP contribution in [0.5, 0.6) is 5.75 Å². The summed E-state index contributed by atoms with van der Waals surface area (Å²) in [5.74, 6) is 1.36. The molecule has 184 valence electrons. The molecule has 6 heteroatoms. The molecule has 6 nitrogen and oxygen atoms in total. The predicted octanol–water partition coefficient (Wildman–Crippen LogP) is 5.37. The standard InChI is InChI=1S/C29H35N3O3/c1-19-26(32-28(33)22-5-8-25(9-6-22)35-18-20-3-4-20)10-7-23-15-21(17-31-27(19)23)16-30-24-11-13-29(2,34)14-12-24/h5-10,15,17,20,24,30,34H,3-4,11-14,16,18H2,1-2H3,(H,32,33)/t24-,29-. The highest BCUT2D eigenvalue weighted by Gasteiger charge is 2.28. The Hall–Kier alpha value is -2.96. The van der Waals surface area contributed by atoms with Crippen LogP contribution in [0.2, 0.25) is 0 Å². The highest BCUT2D eigenvalue weighted by Crippen LogP contribution is 2.30. The van der Waals surface area contributed by atoms with Crippen LogP contribution >= 0.6 is 0 Å². The molecule has 2 aromatic carbocycles. The number of hydrogen-bond acceptors (Lipinski definition) is 5. The Balaban J connectivity index is 1.20. The number of pyridine rings is 1. The highest BCUT2D eigenvalue weighted by atomic mass is 16.5. The van der Waals surface area contributed by atoms with Crippen molar-refractivity contribution in [2.24, 2.45) is 5.92 Å². The summed E-state index contributed by atoms with van der Waals surface area (Å²) in [6.45, 7) is 5.44. The number of fused-ring (bicyclic) bond motifs is 1. The van der Waals surface area contributed by atoms with E-state index in [2.05, 4.69) is 16.7 Å². The first-order valence-corrected chi connectivity index (χ1v) is 12.7. The maximum Gasteiger partial charge on any atom is 0.255 e. The Bertz CT molecular complexity index is 1190. The van der Waals surface area contributed by atoms with E-state index in [4.69, 9.17) is 9.72 Å². The first kappa shape index (κ1) is 23.8. The molecular weight excluding hydrogens is 438 g/mol. The fourth-order valence-electron chi connectivity index (χ4n) is 4.73. The number of carbonyl (C=O) groups is 1. The summed E-state index contributed by atoms with van der Waals surface area (Å²) in [4.78, 5) is 17.5. The highest BCUT2D eigenvalue weighted by molar-refractivity contribution is 6.06. The van der Waals surface area contributed by atoms with Gasteiger partial charge in [-0.25, -0.2) is 0 Å². The second-order valence-electron chi connectivity index (χ2n) is 10.5. The van der Waals surface area contributed by atoms with Crippen molar-refractivity contribution in [1.29, 1.82) is 0 Å². The molecule has 0 saturated heterocycles. The molecule has 0 atom stereocenters. The topological polar surface area (TPSA) is 83.5 Å². The van der Waals surface area contributed by atoms with Crippen LogP contribution in [-0.2, 0) is 6.54 Å². The third-order valence-corrected chi connectivity index (χ3v) is 7.37. The molecule has 0 radical (unpaired) electrons. The van der Waals surface area contributed by atoms with E-state index in [1.54, 1.807) is 12.1 Å². The Morgan fingerprint density at radius 3 is 2.57 bits per heavy atom. The zero-order valence-corrected chi connectivity index (χ0v) is 20.6. The molecule has 5 rings (SSSR count). The molecule has 2 fully saturated rings. The predicted molar refractivity (Wildman–Crippen MR) is 139 cm³/mol. The van der Waals surface area contributed by atoms with E-state index in [1.165, 1.54) is 12.8 Å². The summed E-state index contributed by atoms with van der Waals surface area (Å²) in [5.41, 5.74) is 3.83. The maximum atomic E-state index is 12.8. The van der Waals surface area contributed by atoms with Crippen LogP contribution < -0.4 is 15.4 Å². The minimum absolute atomic E-state index is 0.145. The van der Waals surface area contributed by atoms with Crippen LogP contribution in [0.1, 0.15) is 66.9 Å². The SMILES string of the molecule is Cc1c(NC(=O)c2ccc(OCC3CC3)cc2)ccc2cc(CN[C@H]3CC[C@](C)(O)CC3)cnc12. The maximum absolute atomic E-state index is 12.8. The number of ether oxygens (including phenoxy) is 1. The van der Waals surface area contributed by atoms with Gasteiger partial charge in [-0.15, -0.1) is 0 Å². The Morgan fingerprint density at radius 2 is 1.86 bits per heavy atom. The average Bonchev–Trinajstić information content (AvgIpc) is 3.69. The van der Waals surface area contributed by atoms with E-state index in [0.717, 1.165) is 72.3 Å². The van der Waals surface area contributed by atoms with Crippen LogP contribution in [0.25, 0.3) is 10.9 Å². The molecule has 2 aliphatic rings. The first-order chi connectivity index (χ1) is 16.9. The van der Waals surface area contributed by atoms with E-state index < -0.39 is 5.60 Å². The molecule has 3 N–H and O–H groups in total. The molecule has 2 aliphatic carbocycles. The van der Waals surface area contributed by atoms with Gasteiger partial charge in [-0.2, -0.15) is 0 Å². The van der Waals surface area contributed by atoms with Gasteiger partial charge in [-0.1, -0.05) is 6.07 Å². The zero-order valence-electron chi connectivity index (χ0n) is 20.6. The fraction of sp³-hybridized carbons (Fsp3) is 0.448. The normalized spacial score (nSPS) is 22.2. The van der Waals surface area contributed by atoms with E-state index >= 15 is 0 Å². The molecule has 3 aromatic rings. The van der Waals surface area contributed by atoms with E-state index in [9.17, 15) is 9.90 Å². The number of aliphatic hydroxyl groups is 1. The van der Waals surface area contributed by atoms with Crippen molar-refractivity contribution in [1.82, 2.24) is 10.3 Å². The summed E-state index contributed by atoms with van der Waals surface area (Å²) in [6.07, 6.45) is 8.08. The third kappa shape index (κ3) is 6.00. The van der Waals surface area contributed by atoms with Gasteiger partial charge in [0.05, 0.1) is 17.7 Å². The number of benzene rings is 2. The van der Waals surface area contributed by atoms with Crippen molar-refractivity contribution in [3.05, 3.63) is 65.4 Å². The van der Waals surface area contributed by atoms with Crippen LogP contribution in [0.4, 0.5) is 5.69 Å². The van der Waals surface area contributed by atoms with Gasteiger partial charge in [0.2, 0.25) is 0 Å². The number of carbonyl (C=O) groups excluding carboxylic acids is 1. The van der Waals surface area contributed by atoms with Crippen LogP contribution in [0.3, 0.4) is 0 Å². The molecule has 0 bridgehead atoms. The van der Waals surface area contributed by atoms with Gasteiger partial charge in [0.25, 0.3) is 5.91 Å². The van der Waals surface area contributed by atoms with Crippen molar-refractivity contribution in [3.8, 4) is 5.75 Å². The monoisotopic (exact) mass is 473 g/mol.